The second kappa shape index (κ2) is 5.06. The Bertz CT molecular complexity index is 903. The molecule has 1 aromatic carbocycles. The highest BCUT2D eigenvalue weighted by Crippen LogP contribution is 2.19. The van der Waals surface area contributed by atoms with Crippen LogP contribution in [0.3, 0.4) is 0 Å². The maximum Gasteiger partial charge on any atom is 0.304 e. The van der Waals surface area contributed by atoms with Crippen LogP contribution in [0.4, 0.5) is 10.1 Å². The van der Waals surface area contributed by atoms with Gasteiger partial charge in [-0.1, -0.05) is 6.07 Å². The first-order chi connectivity index (χ1) is 10.1. The highest BCUT2D eigenvalue weighted by molar-refractivity contribution is 7.16. The lowest BCUT2D eigenvalue weighted by Crippen LogP contribution is -2.20. The van der Waals surface area contributed by atoms with Gasteiger partial charge in [-0.05, 0) is 23.1 Å². The van der Waals surface area contributed by atoms with Crippen molar-refractivity contribution < 1.29 is 9.31 Å². The number of aromatic nitrogens is 2. The maximum atomic E-state index is 13.6. The summed E-state index contributed by atoms with van der Waals surface area (Å²) >= 11 is 1.36. The molecule has 0 atom stereocenters. The molecule has 3 rings (SSSR count). The van der Waals surface area contributed by atoms with Crippen molar-refractivity contribution in [3.8, 4) is 0 Å². The smallest absolute Gasteiger partial charge is 0.294 e. The van der Waals surface area contributed by atoms with Crippen molar-refractivity contribution >= 4 is 27.2 Å². The standard InChI is InChI=1S/C13H8FN3O3S/c14-10-5-8(1-2-11(10)17(19)20)6-16-7-15-12-9(13(16)18)3-4-21-12/h1-5,7H,6H2. The first-order valence-electron chi connectivity index (χ1n) is 5.92. The van der Waals surface area contributed by atoms with Crippen LogP contribution in [0, 0.1) is 15.9 Å². The van der Waals surface area contributed by atoms with Gasteiger partial charge in [0.25, 0.3) is 5.56 Å². The molecule has 2 heterocycles. The van der Waals surface area contributed by atoms with Gasteiger partial charge in [0.15, 0.2) is 0 Å². The van der Waals surface area contributed by atoms with Crippen LogP contribution in [0.2, 0.25) is 0 Å². The predicted octanol–water partition coefficient (Wildman–Crippen LogP) is 2.55. The van der Waals surface area contributed by atoms with Gasteiger partial charge in [-0.2, -0.15) is 4.39 Å². The van der Waals surface area contributed by atoms with Crippen LogP contribution in [-0.2, 0) is 6.54 Å². The lowest BCUT2D eigenvalue weighted by atomic mass is 10.2. The van der Waals surface area contributed by atoms with E-state index in [2.05, 4.69) is 4.98 Å². The van der Waals surface area contributed by atoms with E-state index in [1.807, 2.05) is 0 Å². The Hall–Kier alpha value is -2.61. The van der Waals surface area contributed by atoms with Crippen molar-refractivity contribution in [2.24, 2.45) is 0 Å². The van der Waals surface area contributed by atoms with Gasteiger partial charge in [-0.25, -0.2) is 4.98 Å². The molecule has 0 fully saturated rings. The minimum absolute atomic E-state index is 0.104. The molecule has 106 valence electrons. The number of hydrogen-bond donors (Lipinski definition) is 0. The summed E-state index contributed by atoms with van der Waals surface area (Å²) in [5, 5.41) is 12.8. The summed E-state index contributed by atoms with van der Waals surface area (Å²) in [4.78, 5) is 26.7. The molecule has 0 aliphatic carbocycles. The zero-order chi connectivity index (χ0) is 15.0. The first-order valence-corrected chi connectivity index (χ1v) is 6.79. The fourth-order valence-corrected chi connectivity index (χ4v) is 2.72. The van der Waals surface area contributed by atoms with Gasteiger partial charge >= 0.3 is 5.69 Å². The Morgan fingerprint density at radius 1 is 1.38 bits per heavy atom. The van der Waals surface area contributed by atoms with Crippen LogP contribution in [0.5, 0.6) is 0 Å². The monoisotopic (exact) mass is 305 g/mol. The van der Waals surface area contributed by atoms with Gasteiger partial charge < -0.3 is 0 Å². The Kier molecular flexibility index (Phi) is 3.22. The van der Waals surface area contributed by atoms with Crippen LogP contribution in [0.1, 0.15) is 5.56 Å². The van der Waals surface area contributed by atoms with Crippen LogP contribution in [0.25, 0.3) is 10.2 Å². The van der Waals surface area contributed by atoms with Gasteiger partial charge in [0, 0.05) is 6.07 Å². The lowest BCUT2D eigenvalue weighted by molar-refractivity contribution is -0.387. The largest absolute Gasteiger partial charge is 0.304 e. The number of nitro benzene ring substituents is 1. The van der Waals surface area contributed by atoms with E-state index >= 15 is 0 Å². The summed E-state index contributed by atoms with van der Waals surface area (Å²) in [6.07, 6.45) is 1.39. The molecule has 3 aromatic rings. The molecule has 8 heteroatoms. The van der Waals surface area contributed by atoms with Crippen molar-refractivity contribution in [2.75, 3.05) is 0 Å². The lowest BCUT2D eigenvalue weighted by Gasteiger charge is -2.05. The minimum atomic E-state index is -0.921. The predicted molar refractivity (Wildman–Crippen MR) is 76.0 cm³/mol. The van der Waals surface area contributed by atoms with E-state index in [4.69, 9.17) is 0 Å². The average Bonchev–Trinajstić information content (AvgIpc) is 2.91. The fourth-order valence-electron chi connectivity index (χ4n) is 2.00. The number of nitrogens with zero attached hydrogens (tertiary/aromatic N) is 3. The maximum absolute atomic E-state index is 13.6. The van der Waals surface area contributed by atoms with E-state index in [-0.39, 0.29) is 12.1 Å². The van der Waals surface area contributed by atoms with Crippen molar-refractivity contribution in [3.63, 3.8) is 0 Å². The van der Waals surface area contributed by atoms with Crippen molar-refractivity contribution in [1.82, 2.24) is 9.55 Å². The number of halogens is 1. The molecule has 0 amide bonds. The summed E-state index contributed by atoms with van der Waals surface area (Å²) < 4.78 is 14.9. The molecule has 0 spiro atoms. The van der Waals surface area contributed by atoms with E-state index in [1.54, 1.807) is 11.4 Å². The second-order valence-corrected chi connectivity index (χ2v) is 5.25. The summed E-state index contributed by atoms with van der Waals surface area (Å²) in [6, 6.07) is 5.25. The second-order valence-electron chi connectivity index (χ2n) is 4.36. The number of fused-ring (bicyclic) bond motifs is 1. The fraction of sp³-hybridized carbons (Fsp3) is 0.0769. The third-order valence-electron chi connectivity index (χ3n) is 3.01. The molecule has 0 N–H and O–H groups in total. The van der Waals surface area contributed by atoms with Crippen LogP contribution < -0.4 is 5.56 Å². The summed E-state index contributed by atoms with van der Waals surface area (Å²) in [7, 11) is 0. The van der Waals surface area contributed by atoms with E-state index in [0.717, 1.165) is 12.1 Å². The molecular formula is C13H8FN3O3S. The van der Waals surface area contributed by atoms with E-state index < -0.39 is 16.4 Å². The van der Waals surface area contributed by atoms with Crippen LogP contribution in [0.15, 0.2) is 40.8 Å². The topological polar surface area (TPSA) is 78.0 Å². The number of nitro groups is 1. The van der Waals surface area contributed by atoms with Gasteiger partial charge in [-0.3, -0.25) is 19.5 Å². The van der Waals surface area contributed by atoms with E-state index in [1.165, 1.54) is 28.3 Å². The third kappa shape index (κ3) is 2.40. The molecule has 0 saturated carbocycles. The van der Waals surface area contributed by atoms with Crippen LogP contribution >= 0.6 is 11.3 Å². The highest BCUT2D eigenvalue weighted by Gasteiger charge is 2.14. The Labute approximate surface area is 121 Å². The normalized spacial score (nSPS) is 10.9. The molecular weight excluding hydrogens is 297 g/mol. The zero-order valence-electron chi connectivity index (χ0n) is 10.5. The molecule has 0 aliphatic heterocycles. The molecule has 21 heavy (non-hydrogen) atoms. The minimum Gasteiger partial charge on any atom is -0.294 e. The van der Waals surface area contributed by atoms with Crippen molar-refractivity contribution in [2.45, 2.75) is 6.54 Å². The van der Waals surface area contributed by atoms with E-state index in [0.29, 0.717) is 15.8 Å². The van der Waals surface area contributed by atoms with Crippen molar-refractivity contribution in [3.05, 3.63) is 67.8 Å². The summed E-state index contributed by atoms with van der Waals surface area (Å²) in [5.41, 5.74) is -0.353. The number of rotatable bonds is 3. The molecule has 0 bridgehead atoms. The molecule has 2 aromatic heterocycles. The molecule has 0 saturated heterocycles. The van der Waals surface area contributed by atoms with Crippen LogP contribution in [-0.4, -0.2) is 14.5 Å². The van der Waals surface area contributed by atoms with Gasteiger partial charge in [0.05, 0.1) is 23.2 Å². The molecule has 0 radical (unpaired) electrons. The third-order valence-corrected chi connectivity index (χ3v) is 3.83. The Morgan fingerprint density at radius 3 is 2.90 bits per heavy atom. The SMILES string of the molecule is O=c1c2ccsc2ncn1Cc1ccc([N+](=O)[O-])c(F)c1. The van der Waals surface area contributed by atoms with Gasteiger partial charge in [0.2, 0.25) is 5.82 Å². The zero-order valence-corrected chi connectivity index (χ0v) is 11.3. The number of thiophene rings is 1. The summed E-state index contributed by atoms with van der Waals surface area (Å²) in [5.74, 6) is -0.921. The Morgan fingerprint density at radius 2 is 2.19 bits per heavy atom. The average molecular weight is 305 g/mol. The van der Waals surface area contributed by atoms with Gasteiger partial charge in [-0.15, -0.1) is 11.3 Å². The van der Waals surface area contributed by atoms with Crippen molar-refractivity contribution in [1.29, 1.82) is 0 Å². The summed E-state index contributed by atoms with van der Waals surface area (Å²) in [6.45, 7) is 0.104. The van der Waals surface area contributed by atoms with E-state index in [9.17, 15) is 19.3 Å². The Balaban J connectivity index is 1.99. The molecule has 0 aliphatic rings. The first kappa shape index (κ1) is 13.4. The molecule has 0 unspecified atom stereocenters. The van der Waals surface area contributed by atoms with Gasteiger partial charge in [0.1, 0.15) is 4.83 Å². The molecule has 6 nitrogen and oxygen atoms in total. The quantitative estimate of drug-likeness (QED) is 0.550. The highest BCUT2D eigenvalue weighted by atomic mass is 32.1. The number of benzene rings is 1. The number of hydrogen-bond acceptors (Lipinski definition) is 5.